The van der Waals surface area contributed by atoms with Gasteiger partial charge in [-0.2, -0.15) is 5.26 Å². The van der Waals surface area contributed by atoms with Crippen LogP contribution in [0.2, 0.25) is 0 Å². The Balaban J connectivity index is 1.80. The minimum atomic E-state index is 0.428. The second kappa shape index (κ2) is 5.70. The quantitative estimate of drug-likeness (QED) is 0.837. The molecule has 1 aliphatic heterocycles. The first-order valence-corrected chi connectivity index (χ1v) is 6.90. The van der Waals surface area contributed by atoms with Gasteiger partial charge in [-0.3, -0.25) is 0 Å². The predicted molar refractivity (Wildman–Crippen MR) is 77.4 cm³/mol. The molecule has 0 saturated carbocycles. The number of piperidine rings is 1. The highest BCUT2D eigenvalue weighted by Gasteiger charge is 2.22. The van der Waals surface area contributed by atoms with Gasteiger partial charge in [-0.25, -0.2) is 9.97 Å². The van der Waals surface area contributed by atoms with Crippen LogP contribution in [0.5, 0.6) is 0 Å². The van der Waals surface area contributed by atoms with Gasteiger partial charge in [0.05, 0.1) is 0 Å². The monoisotopic (exact) mass is 264 g/mol. The van der Waals surface area contributed by atoms with Gasteiger partial charge in [-0.05, 0) is 24.5 Å². The van der Waals surface area contributed by atoms with Crippen LogP contribution < -0.4 is 4.90 Å². The fraction of sp³-hybridized carbons (Fsp3) is 0.312. The Hall–Kier alpha value is -2.41. The molecule has 20 heavy (non-hydrogen) atoms. The van der Waals surface area contributed by atoms with Gasteiger partial charge in [-0.1, -0.05) is 30.3 Å². The van der Waals surface area contributed by atoms with Crippen molar-refractivity contribution in [3.05, 3.63) is 53.9 Å². The maximum absolute atomic E-state index is 8.93. The number of nitrogens with zero attached hydrogens (tertiary/aromatic N) is 4. The zero-order chi connectivity index (χ0) is 13.8. The highest BCUT2D eigenvalue weighted by molar-refractivity contribution is 5.36. The van der Waals surface area contributed by atoms with E-state index in [1.807, 2.05) is 6.07 Å². The van der Waals surface area contributed by atoms with Crippen LogP contribution in [0.1, 0.15) is 30.0 Å². The molecule has 1 aromatic heterocycles. The van der Waals surface area contributed by atoms with E-state index >= 15 is 0 Å². The van der Waals surface area contributed by atoms with Crippen molar-refractivity contribution in [3.63, 3.8) is 0 Å². The number of anilines is 1. The van der Waals surface area contributed by atoms with Crippen molar-refractivity contribution in [3.8, 4) is 6.07 Å². The molecule has 0 unspecified atom stereocenters. The smallest absolute Gasteiger partial charge is 0.226 e. The zero-order valence-corrected chi connectivity index (χ0v) is 11.2. The molecular weight excluding hydrogens is 248 g/mol. The molecule has 0 radical (unpaired) electrons. The van der Waals surface area contributed by atoms with Crippen LogP contribution in [0.4, 0.5) is 5.95 Å². The highest BCUT2D eigenvalue weighted by Crippen LogP contribution is 2.28. The lowest BCUT2D eigenvalue weighted by Crippen LogP contribution is -2.35. The molecule has 0 bridgehead atoms. The molecule has 0 amide bonds. The van der Waals surface area contributed by atoms with Gasteiger partial charge >= 0.3 is 0 Å². The maximum Gasteiger partial charge on any atom is 0.226 e. The second-order valence-corrected chi connectivity index (χ2v) is 5.05. The first kappa shape index (κ1) is 12.6. The largest absolute Gasteiger partial charge is 0.340 e. The van der Waals surface area contributed by atoms with Crippen LogP contribution in [0.25, 0.3) is 0 Å². The molecule has 1 fully saturated rings. The van der Waals surface area contributed by atoms with Crippen LogP contribution in [-0.4, -0.2) is 23.1 Å². The van der Waals surface area contributed by atoms with Crippen molar-refractivity contribution < 1.29 is 0 Å². The van der Waals surface area contributed by atoms with Crippen LogP contribution in [0.15, 0.2) is 42.6 Å². The topological polar surface area (TPSA) is 52.8 Å². The summed E-state index contributed by atoms with van der Waals surface area (Å²) in [5.74, 6) is 1.18. The third-order valence-corrected chi connectivity index (χ3v) is 3.73. The fourth-order valence-corrected chi connectivity index (χ4v) is 2.72. The lowest BCUT2D eigenvalue weighted by molar-refractivity contribution is 0.503. The number of hydrogen-bond acceptors (Lipinski definition) is 4. The summed E-state index contributed by atoms with van der Waals surface area (Å²) in [6.45, 7) is 1.87. The predicted octanol–water partition coefficient (Wildman–Crippen LogP) is 2.73. The highest BCUT2D eigenvalue weighted by atomic mass is 15.3. The van der Waals surface area contributed by atoms with Crippen molar-refractivity contribution in [2.45, 2.75) is 18.8 Å². The molecule has 1 atom stereocenters. The van der Waals surface area contributed by atoms with E-state index in [1.54, 1.807) is 12.3 Å². The number of rotatable bonds is 2. The van der Waals surface area contributed by atoms with Gasteiger partial charge in [0.25, 0.3) is 0 Å². The summed E-state index contributed by atoms with van der Waals surface area (Å²) in [6, 6.07) is 14.3. The first-order valence-electron chi connectivity index (χ1n) is 6.90. The van der Waals surface area contributed by atoms with E-state index in [9.17, 15) is 0 Å². The summed E-state index contributed by atoms with van der Waals surface area (Å²) in [7, 11) is 0. The molecule has 4 nitrogen and oxygen atoms in total. The Labute approximate surface area is 118 Å². The van der Waals surface area contributed by atoms with E-state index in [1.165, 1.54) is 12.0 Å². The summed E-state index contributed by atoms with van der Waals surface area (Å²) in [5, 5.41) is 8.93. The molecule has 0 spiro atoms. The van der Waals surface area contributed by atoms with Crippen molar-refractivity contribution >= 4 is 5.95 Å². The molecule has 0 N–H and O–H groups in total. The molecule has 100 valence electrons. The minimum Gasteiger partial charge on any atom is -0.340 e. The average Bonchev–Trinajstić information content (AvgIpc) is 2.56. The lowest BCUT2D eigenvalue weighted by atomic mass is 9.91. The molecule has 4 heteroatoms. The van der Waals surface area contributed by atoms with Crippen molar-refractivity contribution in [2.75, 3.05) is 18.0 Å². The van der Waals surface area contributed by atoms with Crippen molar-refractivity contribution in [1.82, 2.24) is 9.97 Å². The van der Waals surface area contributed by atoms with Gasteiger partial charge in [0.1, 0.15) is 11.8 Å². The van der Waals surface area contributed by atoms with E-state index in [0.29, 0.717) is 17.6 Å². The average molecular weight is 264 g/mol. The Morgan fingerprint density at radius 2 is 2.05 bits per heavy atom. The van der Waals surface area contributed by atoms with E-state index in [2.05, 4.69) is 45.2 Å². The first-order chi connectivity index (χ1) is 9.86. The maximum atomic E-state index is 8.93. The number of benzene rings is 1. The van der Waals surface area contributed by atoms with Gasteiger partial charge < -0.3 is 4.90 Å². The molecule has 3 rings (SSSR count). The third-order valence-electron chi connectivity index (χ3n) is 3.73. The molecule has 1 aromatic carbocycles. The molecular formula is C16H16N4. The Morgan fingerprint density at radius 1 is 1.20 bits per heavy atom. The summed E-state index contributed by atoms with van der Waals surface area (Å²) >= 11 is 0. The third kappa shape index (κ3) is 2.62. The molecule has 2 aromatic rings. The summed E-state index contributed by atoms with van der Waals surface area (Å²) < 4.78 is 0. The number of hydrogen-bond donors (Lipinski definition) is 0. The molecule has 1 aliphatic rings. The standard InChI is InChI=1S/C16H16N4/c17-11-15-8-9-18-16(19-15)20-10-4-7-14(12-20)13-5-2-1-3-6-13/h1-3,5-6,8-9,14H,4,7,10,12H2/t14-/m1/s1. The van der Waals surface area contributed by atoms with E-state index in [0.717, 1.165) is 19.5 Å². The van der Waals surface area contributed by atoms with Crippen LogP contribution in [-0.2, 0) is 0 Å². The zero-order valence-electron chi connectivity index (χ0n) is 11.2. The second-order valence-electron chi connectivity index (χ2n) is 5.05. The summed E-state index contributed by atoms with van der Waals surface area (Å²) in [4.78, 5) is 10.8. The summed E-state index contributed by atoms with van der Waals surface area (Å²) in [6.07, 6.45) is 3.98. The van der Waals surface area contributed by atoms with E-state index < -0.39 is 0 Å². The lowest BCUT2D eigenvalue weighted by Gasteiger charge is -2.33. The Bertz CT molecular complexity index is 618. The SMILES string of the molecule is N#Cc1ccnc(N2CCC[C@@H](c3ccccc3)C2)n1. The van der Waals surface area contributed by atoms with Crippen molar-refractivity contribution in [2.24, 2.45) is 0 Å². The molecule has 2 heterocycles. The van der Waals surface area contributed by atoms with Gasteiger partial charge in [0, 0.05) is 25.2 Å². The van der Waals surface area contributed by atoms with Gasteiger partial charge in [0.15, 0.2) is 0 Å². The van der Waals surface area contributed by atoms with Crippen LogP contribution in [0, 0.1) is 11.3 Å². The normalized spacial score (nSPS) is 18.6. The van der Waals surface area contributed by atoms with Crippen LogP contribution in [0.3, 0.4) is 0 Å². The molecule has 1 saturated heterocycles. The van der Waals surface area contributed by atoms with Gasteiger partial charge in [0.2, 0.25) is 5.95 Å². The number of nitriles is 1. The van der Waals surface area contributed by atoms with E-state index in [-0.39, 0.29) is 0 Å². The van der Waals surface area contributed by atoms with E-state index in [4.69, 9.17) is 5.26 Å². The number of aromatic nitrogens is 2. The van der Waals surface area contributed by atoms with Gasteiger partial charge in [-0.15, -0.1) is 0 Å². The Morgan fingerprint density at radius 3 is 2.85 bits per heavy atom. The fourth-order valence-electron chi connectivity index (χ4n) is 2.72. The summed E-state index contributed by atoms with van der Waals surface area (Å²) in [5.41, 5.74) is 1.80. The molecule has 0 aliphatic carbocycles. The Kier molecular flexibility index (Phi) is 3.60. The minimum absolute atomic E-state index is 0.428. The van der Waals surface area contributed by atoms with Crippen molar-refractivity contribution in [1.29, 1.82) is 5.26 Å². The van der Waals surface area contributed by atoms with Crippen LogP contribution >= 0.6 is 0 Å².